The van der Waals surface area contributed by atoms with Crippen molar-refractivity contribution >= 4 is 5.96 Å². The van der Waals surface area contributed by atoms with Gasteiger partial charge in [0.15, 0.2) is 5.96 Å². The number of nitrogens with one attached hydrogen (secondary N) is 2. The summed E-state index contributed by atoms with van der Waals surface area (Å²) in [5, 5.41) is 6.64. The van der Waals surface area contributed by atoms with Crippen LogP contribution >= 0.6 is 0 Å². The predicted octanol–water partition coefficient (Wildman–Crippen LogP) is 2.18. The summed E-state index contributed by atoms with van der Waals surface area (Å²) in [5.74, 6) is 1.71. The number of likely N-dealkylation sites (tertiary alicyclic amines) is 1. The molecule has 23 heavy (non-hydrogen) atoms. The lowest BCUT2D eigenvalue weighted by Gasteiger charge is -2.29. The Morgan fingerprint density at radius 2 is 2.17 bits per heavy atom. The summed E-state index contributed by atoms with van der Waals surface area (Å²) < 4.78 is 5.38. The molecule has 1 aliphatic rings. The molecule has 0 radical (unpaired) electrons. The van der Waals surface area contributed by atoms with Gasteiger partial charge in [-0.25, -0.2) is 0 Å². The van der Waals surface area contributed by atoms with Gasteiger partial charge in [-0.2, -0.15) is 0 Å². The first kappa shape index (κ1) is 17.3. The van der Waals surface area contributed by atoms with Crippen LogP contribution in [0.15, 0.2) is 41.9 Å². The number of benzene rings is 1. The van der Waals surface area contributed by atoms with Crippen LogP contribution in [0.5, 0.6) is 5.75 Å². The molecule has 1 aliphatic heterocycles. The smallest absolute Gasteiger partial charge is 0.191 e. The van der Waals surface area contributed by atoms with E-state index in [-0.39, 0.29) is 0 Å². The van der Waals surface area contributed by atoms with Gasteiger partial charge in [0.25, 0.3) is 0 Å². The summed E-state index contributed by atoms with van der Waals surface area (Å²) >= 11 is 0. The molecule has 1 saturated heterocycles. The fourth-order valence-electron chi connectivity index (χ4n) is 2.94. The average molecular weight is 316 g/mol. The largest absolute Gasteiger partial charge is 0.497 e. The Hall–Kier alpha value is -2.01. The lowest BCUT2D eigenvalue weighted by Crippen LogP contribution is -2.42. The average Bonchev–Trinajstić information content (AvgIpc) is 3.12. The van der Waals surface area contributed by atoms with E-state index in [1.54, 1.807) is 14.2 Å². The minimum Gasteiger partial charge on any atom is -0.497 e. The summed E-state index contributed by atoms with van der Waals surface area (Å²) in [6.07, 6.45) is 4.36. The van der Waals surface area contributed by atoms with Gasteiger partial charge < -0.3 is 15.4 Å². The van der Waals surface area contributed by atoms with E-state index < -0.39 is 0 Å². The molecule has 2 rings (SSSR count). The summed E-state index contributed by atoms with van der Waals surface area (Å²) in [6, 6.07) is 8.66. The second-order valence-electron chi connectivity index (χ2n) is 5.66. The summed E-state index contributed by atoms with van der Waals surface area (Å²) in [4.78, 5) is 6.79. The first-order chi connectivity index (χ1) is 11.3. The maximum atomic E-state index is 5.38. The number of ether oxygens (including phenoxy) is 1. The van der Waals surface area contributed by atoms with Crippen molar-refractivity contribution in [2.24, 2.45) is 4.99 Å². The van der Waals surface area contributed by atoms with Crippen molar-refractivity contribution < 1.29 is 4.74 Å². The van der Waals surface area contributed by atoms with E-state index in [9.17, 15) is 0 Å². The Morgan fingerprint density at radius 1 is 1.39 bits per heavy atom. The van der Waals surface area contributed by atoms with Crippen molar-refractivity contribution in [3.8, 4) is 5.75 Å². The SMILES string of the molecule is C=CCNC(=NC)NCC(c1cccc(OC)c1)N1CCCC1. The zero-order valence-corrected chi connectivity index (χ0v) is 14.2. The molecule has 1 unspecified atom stereocenters. The van der Waals surface area contributed by atoms with Crippen molar-refractivity contribution in [3.63, 3.8) is 0 Å². The highest BCUT2D eigenvalue weighted by molar-refractivity contribution is 5.79. The van der Waals surface area contributed by atoms with Crippen molar-refractivity contribution in [2.45, 2.75) is 18.9 Å². The molecule has 5 heteroatoms. The van der Waals surface area contributed by atoms with E-state index in [2.05, 4.69) is 45.3 Å². The summed E-state index contributed by atoms with van der Waals surface area (Å²) in [7, 11) is 3.50. The molecule has 0 spiro atoms. The van der Waals surface area contributed by atoms with Gasteiger partial charge in [0.1, 0.15) is 5.75 Å². The van der Waals surface area contributed by atoms with Crippen LogP contribution in [-0.2, 0) is 0 Å². The first-order valence-corrected chi connectivity index (χ1v) is 8.22. The molecule has 1 heterocycles. The maximum Gasteiger partial charge on any atom is 0.191 e. The quantitative estimate of drug-likeness (QED) is 0.460. The lowest BCUT2D eigenvalue weighted by molar-refractivity contribution is 0.245. The van der Waals surface area contributed by atoms with Crippen molar-refractivity contribution in [1.29, 1.82) is 0 Å². The molecule has 5 nitrogen and oxygen atoms in total. The highest BCUT2D eigenvalue weighted by atomic mass is 16.5. The Bertz CT molecular complexity index is 524. The molecule has 1 aromatic rings. The molecule has 0 amide bonds. The van der Waals surface area contributed by atoms with Gasteiger partial charge in [-0.15, -0.1) is 6.58 Å². The van der Waals surface area contributed by atoms with E-state index >= 15 is 0 Å². The molecule has 126 valence electrons. The molecule has 1 fully saturated rings. The van der Waals surface area contributed by atoms with Crippen LogP contribution in [0.3, 0.4) is 0 Å². The monoisotopic (exact) mass is 316 g/mol. The van der Waals surface area contributed by atoms with Crippen LogP contribution < -0.4 is 15.4 Å². The maximum absolute atomic E-state index is 5.38. The third-order valence-electron chi connectivity index (χ3n) is 4.16. The predicted molar refractivity (Wildman–Crippen MR) is 96.1 cm³/mol. The molecule has 0 aliphatic carbocycles. The van der Waals surface area contributed by atoms with Crippen LogP contribution in [0.2, 0.25) is 0 Å². The van der Waals surface area contributed by atoms with E-state index in [1.807, 2.05) is 12.1 Å². The van der Waals surface area contributed by atoms with E-state index in [0.717, 1.165) is 31.3 Å². The standard InChI is InChI=1S/C18H28N4O/c1-4-10-20-18(19-2)21-14-17(22-11-5-6-12-22)15-8-7-9-16(13-15)23-3/h4,7-9,13,17H,1,5-6,10-12,14H2,2-3H3,(H2,19,20,21). The van der Waals surface area contributed by atoms with Gasteiger partial charge in [0, 0.05) is 20.1 Å². The summed E-state index contributed by atoms with van der Waals surface area (Å²) in [6.45, 7) is 7.52. The highest BCUT2D eigenvalue weighted by Crippen LogP contribution is 2.27. The van der Waals surface area contributed by atoms with Gasteiger partial charge in [-0.3, -0.25) is 9.89 Å². The van der Waals surface area contributed by atoms with Crippen molar-refractivity contribution in [3.05, 3.63) is 42.5 Å². The minimum atomic E-state index is 0.315. The number of nitrogens with zero attached hydrogens (tertiary/aromatic N) is 2. The number of rotatable bonds is 7. The third-order valence-corrected chi connectivity index (χ3v) is 4.16. The van der Waals surface area contributed by atoms with Crippen LogP contribution in [-0.4, -0.2) is 51.2 Å². The van der Waals surface area contributed by atoms with E-state index in [1.165, 1.54) is 18.4 Å². The molecular formula is C18H28N4O. The van der Waals surface area contributed by atoms with Gasteiger partial charge >= 0.3 is 0 Å². The molecule has 2 N–H and O–H groups in total. The number of guanidine groups is 1. The van der Waals surface area contributed by atoms with Gasteiger partial charge in [-0.1, -0.05) is 18.2 Å². The zero-order chi connectivity index (χ0) is 16.5. The van der Waals surface area contributed by atoms with Crippen LogP contribution in [0, 0.1) is 0 Å². The minimum absolute atomic E-state index is 0.315. The second kappa shape index (κ2) is 9.20. The van der Waals surface area contributed by atoms with Crippen molar-refractivity contribution in [2.75, 3.05) is 40.3 Å². The van der Waals surface area contributed by atoms with Crippen LogP contribution in [0.1, 0.15) is 24.4 Å². The van der Waals surface area contributed by atoms with Gasteiger partial charge in [0.2, 0.25) is 0 Å². The fraction of sp³-hybridized carbons (Fsp3) is 0.500. The molecule has 1 aromatic carbocycles. The van der Waals surface area contributed by atoms with Gasteiger partial charge in [0.05, 0.1) is 13.2 Å². The van der Waals surface area contributed by atoms with E-state index in [0.29, 0.717) is 12.6 Å². The zero-order valence-electron chi connectivity index (χ0n) is 14.2. The molecule has 0 bridgehead atoms. The Balaban J connectivity index is 2.09. The van der Waals surface area contributed by atoms with Crippen LogP contribution in [0.4, 0.5) is 0 Å². The Kier molecular flexibility index (Phi) is 6.94. The molecule has 0 saturated carbocycles. The number of hydrogen-bond donors (Lipinski definition) is 2. The topological polar surface area (TPSA) is 48.9 Å². The molecular weight excluding hydrogens is 288 g/mol. The Morgan fingerprint density at radius 3 is 2.83 bits per heavy atom. The third kappa shape index (κ3) is 4.99. The number of methoxy groups -OCH3 is 1. The van der Waals surface area contributed by atoms with Crippen LogP contribution in [0.25, 0.3) is 0 Å². The second-order valence-corrected chi connectivity index (χ2v) is 5.66. The summed E-state index contributed by atoms with van der Waals surface area (Å²) in [5.41, 5.74) is 1.28. The number of aliphatic imine (C=N–C) groups is 1. The fourth-order valence-corrected chi connectivity index (χ4v) is 2.94. The number of hydrogen-bond acceptors (Lipinski definition) is 3. The Labute approximate surface area is 139 Å². The molecule has 0 aromatic heterocycles. The highest BCUT2D eigenvalue weighted by Gasteiger charge is 2.24. The lowest BCUT2D eigenvalue weighted by atomic mass is 10.1. The van der Waals surface area contributed by atoms with Gasteiger partial charge in [-0.05, 0) is 43.6 Å². The first-order valence-electron chi connectivity index (χ1n) is 8.22. The van der Waals surface area contributed by atoms with E-state index in [4.69, 9.17) is 4.74 Å². The molecule has 1 atom stereocenters. The van der Waals surface area contributed by atoms with Crippen molar-refractivity contribution in [1.82, 2.24) is 15.5 Å². The normalized spacial score (nSPS) is 16.9.